The molecule has 1 aromatic heterocycles. The highest BCUT2D eigenvalue weighted by molar-refractivity contribution is 6.30. The molecule has 174 valence electrons. The molecule has 35 heavy (non-hydrogen) atoms. The third-order valence-electron chi connectivity index (χ3n) is 5.16. The van der Waals surface area contributed by atoms with Crippen LogP contribution in [0, 0.1) is 5.41 Å². The average Bonchev–Trinajstić information content (AvgIpc) is 2.90. The zero-order valence-electron chi connectivity index (χ0n) is 18.2. The van der Waals surface area contributed by atoms with E-state index in [-0.39, 0.29) is 17.3 Å². The van der Waals surface area contributed by atoms with E-state index in [1.165, 1.54) is 6.20 Å². The highest BCUT2D eigenvalue weighted by Gasteiger charge is 2.15. The molecule has 2 amide bonds. The Kier molecular flexibility index (Phi) is 7.15. The van der Waals surface area contributed by atoms with Crippen LogP contribution in [-0.4, -0.2) is 27.8 Å². The van der Waals surface area contributed by atoms with E-state index in [4.69, 9.17) is 22.2 Å². The van der Waals surface area contributed by atoms with Crippen LogP contribution in [0.5, 0.6) is 0 Å². The SMILES string of the molecule is N=C(NO)c1ccccc1-c1ccc(C(=O)Nc2ccccc2C(=O)Nc2ccc(Cl)cn2)cc1. The molecular weight excluding hydrogens is 466 g/mol. The van der Waals surface area contributed by atoms with Crippen molar-refractivity contribution in [1.29, 1.82) is 5.41 Å². The number of rotatable bonds is 6. The number of hydrogen-bond acceptors (Lipinski definition) is 5. The van der Waals surface area contributed by atoms with E-state index in [2.05, 4.69) is 15.6 Å². The van der Waals surface area contributed by atoms with Crippen molar-refractivity contribution in [3.8, 4) is 11.1 Å². The summed E-state index contributed by atoms with van der Waals surface area (Å²) >= 11 is 5.83. The van der Waals surface area contributed by atoms with Gasteiger partial charge < -0.3 is 10.6 Å². The van der Waals surface area contributed by atoms with Crippen molar-refractivity contribution in [3.63, 3.8) is 0 Å². The Balaban J connectivity index is 1.52. The number of hydrogen-bond donors (Lipinski definition) is 5. The summed E-state index contributed by atoms with van der Waals surface area (Å²) in [5.41, 5.74) is 4.88. The first-order valence-electron chi connectivity index (χ1n) is 10.5. The predicted molar refractivity (Wildman–Crippen MR) is 135 cm³/mol. The summed E-state index contributed by atoms with van der Waals surface area (Å²) in [6, 6.07) is 23.8. The van der Waals surface area contributed by atoms with Crippen LogP contribution in [0.1, 0.15) is 26.3 Å². The Morgan fingerprint density at radius 1 is 0.800 bits per heavy atom. The fourth-order valence-corrected chi connectivity index (χ4v) is 3.54. The van der Waals surface area contributed by atoms with Gasteiger partial charge in [-0.2, -0.15) is 0 Å². The molecule has 0 aliphatic carbocycles. The first-order chi connectivity index (χ1) is 17.0. The molecule has 0 saturated heterocycles. The Hall–Kier alpha value is -4.53. The molecule has 0 fully saturated rings. The second-order valence-electron chi connectivity index (χ2n) is 7.43. The number of carbonyl (C=O) groups excluding carboxylic acids is 2. The van der Waals surface area contributed by atoms with Crippen LogP contribution in [0.3, 0.4) is 0 Å². The maximum atomic E-state index is 12.9. The van der Waals surface area contributed by atoms with E-state index in [9.17, 15) is 9.59 Å². The number of para-hydroxylation sites is 1. The Bertz CT molecular complexity index is 1390. The summed E-state index contributed by atoms with van der Waals surface area (Å²) in [4.78, 5) is 29.7. The number of hydroxylamine groups is 1. The molecule has 0 bridgehead atoms. The van der Waals surface area contributed by atoms with Gasteiger partial charge in [0.05, 0.1) is 16.3 Å². The summed E-state index contributed by atoms with van der Waals surface area (Å²) in [5.74, 6) is -0.617. The molecule has 8 nitrogen and oxygen atoms in total. The van der Waals surface area contributed by atoms with E-state index in [0.717, 1.165) is 11.1 Å². The standard InChI is InChI=1S/C26H20ClN5O3/c27-18-13-14-23(29-15-18)31-26(34)21-7-3-4-8-22(21)30-25(33)17-11-9-16(10-12-17)19-5-1-2-6-20(19)24(28)32-35/h1-15,35H,(H2,28,32)(H,30,33)(H,29,31,34). The summed E-state index contributed by atoms with van der Waals surface area (Å²) in [6.07, 6.45) is 1.43. The molecule has 0 unspecified atom stereocenters. The normalized spacial score (nSPS) is 10.3. The molecule has 0 saturated carbocycles. The smallest absolute Gasteiger partial charge is 0.258 e. The largest absolute Gasteiger partial charge is 0.321 e. The van der Waals surface area contributed by atoms with Gasteiger partial charge in [0.15, 0.2) is 0 Å². The van der Waals surface area contributed by atoms with Crippen LogP contribution in [0.2, 0.25) is 5.02 Å². The Labute approximate surface area is 206 Å². The number of anilines is 2. The molecule has 0 spiro atoms. The molecule has 9 heteroatoms. The van der Waals surface area contributed by atoms with Gasteiger partial charge in [0.25, 0.3) is 11.8 Å². The number of aromatic nitrogens is 1. The Morgan fingerprint density at radius 2 is 1.49 bits per heavy atom. The van der Waals surface area contributed by atoms with E-state index in [0.29, 0.717) is 27.7 Å². The number of halogens is 1. The number of carbonyl (C=O) groups is 2. The molecule has 0 aliphatic heterocycles. The third-order valence-corrected chi connectivity index (χ3v) is 5.38. The third kappa shape index (κ3) is 5.52. The minimum Gasteiger partial charge on any atom is -0.321 e. The molecular formula is C26H20ClN5O3. The molecule has 4 aromatic rings. The second-order valence-corrected chi connectivity index (χ2v) is 7.86. The Morgan fingerprint density at radius 3 is 2.17 bits per heavy atom. The number of amidine groups is 1. The van der Waals surface area contributed by atoms with Crippen LogP contribution in [0.4, 0.5) is 11.5 Å². The predicted octanol–water partition coefficient (Wildman–Crippen LogP) is 5.21. The fraction of sp³-hybridized carbons (Fsp3) is 0. The number of amides is 2. The molecule has 5 N–H and O–H groups in total. The van der Waals surface area contributed by atoms with Crippen molar-refractivity contribution in [2.24, 2.45) is 0 Å². The zero-order valence-corrected chi connectivity index (χ0v) is 19.0. The number of pyridine rings is 1. The van der Waals surface area contributed by atoms with Crippen molar-refractivity contribution in [2.45, 2.75) is 0 Å². The van der Waals surface area contributed by atoms with Gasteiger partial charge in [0.2, 0.25) is 0 Å². The number of nitrogens with one attached hydrogen (secondary N) is 4. The van der Waals surface area contributed by atoms with Crippen LogP contribution >= 0.6 is 11.6 Å². The van der Waals surface area contributed by atoms with Gasteiger partial charge in [-0.3, -0.25) is 25.7 Å². The fourth-order valence-electron chi connectivity index (χ4n) is 3.43. The van der Waals surface area contributed by atoms with Gasteiger partial charge in [0.1, 0.15) is 11.7 Å². The number of nitrogens with zero attached hydrogens (tertiary/aromatic N) is 1. The van der Waals surface area contributed by atoms with Crippen molar-refractivity contribution in [2.75, 3.05) is 10.6 Å². The quantitative estimate of drug-likeness (QED) is 0.145. The second kappa shape index (κ2) is 10.6. The highest BCUT2D eigenvalue weighted by Crippen LogP contribution is 2.25. The minimum absolute atomic E-state index is 0.133. The molecule has 0 aliphatic rings. The maximum Gasteiger partial charge on any atom is 0.258 e. The van der Waals surface area contributed by atoms with E-state index in [1.54, 1.807) is 72.8 Å². The zero-order chi connectivity index (χ0) is 24.8. The van der Waals surface area contributed by atoms with Gasteiger partial charge in [-0.15, -0.1) is 0 Å². The summed E-state index contributed by atoms with van der Waals surface area (Å²) in [7, 11) is 0. The van der Waals surface area contributed by atoms with Crippen molar-refractivity contribution in [3.05, 3.63) is 113 Å². The van der Waals surface area contributed by atoms with E-state index in [1.807, 2.05) is 17.6 Å². The van der Waals surface area contributed by atoms with Crippen molar-refractivity contribution in [1.82, 2.24) is 10.5 Å². The highest BCUT2D eigenvalue weighted by atomic mass is 35.5. The summed E-state index contributed by atoms with van der Waals surface area (Å²) in [5, 5.41) is 22.9. The van der Waals surface area contributed by atoms with Crippen molar-refractivity contribution >= 4 is 40.8 Å². The van der Waals surface area contributed by atoms with Crippen LogP contribution in [0.25, 0.3) is 11.1 Å². The maximum absolute atomic E-state index is 12.9. The summed E-state index contributed by atoms with van der Waals surface area (Å²) in [6.45, 7) is 0. The van der Waals surface area contributed by atoms with Gasteiger partial charge in [-0.05, 0) is 47.5 Å². The lowest BCUT2D eigenvalue weighted by atomic mass is 9.98. The van der Waals surface area contributed by atoms with Crippen LogP contribution in [0.15, 0.2) is 91.1 Å². The topological polar surface area (TPSA) is 127 Å². The van der Waals surface area contributed by atoms with Gasteiger partial charge in [-0.1, -0.05) is 60.1 Å². The molecule has 1 heterocycles. The molecule has 4 rings (SSSR count). The monoisotopic (exact) mass is 485 g/mol. The lowest BCUT2D eigenvalue weighted by molar-refractivity contribution is 0.102. The van der Waals surface area contributed by atoms with Crippen molar-refractivity contribution < 1.29 is 14.8 Å². The first kappa shape index (κ1) is 23.6. The van der Waals surface area contributed by atoms with Crippen LogP contribution < -0.4 is 16.1 Å². The average molecular weight is 486 g/mol. The number of benzene rings is 3. The summed E-state index contributed by atoms with van der Waals surface area (Å²) < 4.78 is 0. The van der Waals surface area contributed by atoms with Gasteiger partial charge in [0, 0.05) is 17.3 Å². The molecule has 0 radical (unpaired) electrons. The molecule has 3 aromatic carbocycles. The van der Waals surface area contributed by atoms with E-state index < -0.39 is 5.91 Å². The first-order valence-corrected chi connectivity index (χ1v) is 10.9. The van der Waals surface area contributed by atoms with Gasteiger partial charge >= 0.3 is 0 Å². The van der Waals surface area contributed by atoms with Crippen LogP contribution in [-0.2, 0) is 0 Å². The lowest BCUT2D eigenvalue weighted by Gasteiger charge is -2.12. The molecule has 0 atom stereocenters. The lowest BCUT2D eigenvalue weighted by Crippen LogP contribution is -2.19. The van der Waals surface area contributed by atoms with Gasteiger partial charge in [-0.25, -0.2) is 4.98 Å². The minimum atomic E-state index is -0.428. The van der Waals surface area contributed by atoms with E-state index >= 15 is 0 Å².